The van der Waals surface area contributed by atoms with E-state index < -0.39 is 5.97 Å². The van der Waals surface area contributed by atoms with Gasteiger partial charge in [-0.3, -0.25) is 9.69 Å². The molecule has 0 saturated carbocycles. The third kappa shape index (κ3) is 4.63. The topological polar surface area (TPSA) is 63.0 Å². The Hall–Kier alpha value is -1.82. The quantitative estimate of drug-likeness (QED) is 0.764. The summed E-state index contributed by atoms with van der Waals surface area (Å²) in [5, 5.41) is 0. The Balaban J connectivity index is 2.01. The summed E-state index contributed by atoms with van der Waals surface area (Å²) in [7, 11) is 3.25. The Morgan fingerprint density at radius 1 is 1.36 bits per heavy atom. The van der Waals surface area contributed by atoms with Crippen LogP contribution in [0.15, 0.2) is 10.5 Å². The number of furan rings is 1. The molecule has 1 aliphatic rings. The predicted molar refractivity (Wildman–Crippen MR) is 95.2 cm³/mol. The molecule has 1 aromatic rings. The van der Waals surface area contributed by atoms with Gasteiger partial charge in [0.25, 0.3) is 0 Å². The van der Waals surface area contributed by atoms with E-state index in [1.165, 1.54) is 13.5 Å². The van der Waals surface area contributed by atoms with Gasteiger partial charge in [0.1, 0.15) is 17.1 Å². The van der Waals surface area contributed by atoms with Gasteiger partial charge in [-0.15, -0.1) is 0 Å². The van der Waals surface area contributed by atoms with Crippen LogP contribution in [0.1, 0.15) is 49.1 Å². The molecule has 0 N–H and O–H groups in total. The monoisotopic (exact) mass is 350 g/mol. The van der Waals surface area contributed by atoms with Gasteiger partial charge in [0.05, 0.1) is 19.7 Å². The highest BCUT2D eigenvalue weighted by atomic mass is 16.5. The van der Waals surface area contributed by atoms with E-state index >= 15 is 0 Å². The number of nitrogens with zero attached hydrogens (tertiary/aromatic N) is 2. The number of hydrogen-bond acceptors (Lipinski definition) is 5. The fraction of sp³-hybridized carbons (Fsp3) is 0.684. The minimum Gasteiger partial charge on any atom is -0.465 e. The van der Waals surface area contributed by atoms with Gasteiger partial charge in [0.15, 0.2) is 0 Å². The molecule has 1 aliphatic heterocycles. The number of likely N-dealkylation sites (N-methyl/N-ethyl adjacent to an activating group) is 1. The molecule has 3 unspecified atom stereocenters. The minimum atomic E-state index is -0.407. The van der Waals surface area contributed by atoms with E-state index in [1.54, 1.807) is 13.0 Å². The van der Waals surface area contributed by atoms with Crippen LogP contribution >= 0.6 is 0 Å². The first kappa shape index (κ1) is 19.5. The standard InChI is InChI=1S/C19H30N2O4/c1-12-7-13(2)10-21(9-12)18(22)14(3)20(5)11-16-8-17(15(4)25-16)19(23)24-6/h8,12-14H,7,9-11H2,1-6H3. The first-order valence-corrected chi connectivity index (χ1v) is 8.89. The molecule has 1 amide bonds. The van der Waals surface area contributed by atoms with Gasteiger partial charge in [0, 0.05) is 13.1 Å². The van der Waals surface area contributed by atoms with Crippen molar-refractivity contribution in [2.24, 2.45) is 11.8 Å². The Bertz CT molecular complexity index is 615. The van der Waals surface area contributed by atoms with Crippen LogP contribution < -0.4 is 0 Å². The summed E-state index contributed by atoms with van der Waals surface area (Å²) in [6.45, 7) is 10.2. The maximum absolute atomic E-state index is 12.8. The Morgan fingerprint density at radius 2 is 1.96 bits per heavy atom. The van der Waals surface area contributed by atoms with Crippen LogP contribution in [0.3, 0.4) is 0 Å². The molecule has 1 fully saturated rings. The van der Waals surface area contributed by atoms with E-state index in [0.717, 1.165) is 13.1 Å². The van der Waals surface area contributed by atoms with E-state index in [4.69, 9.17) is 9.15 Å². The maximum atomic E-state index is 12.8. The summed E-state index contributed by atoms with van der Waals surface area (Å²) in [4.78, 5) is 28.4. The van der Waals surface area contributed by atoms with Crippen LogP contribution in [0.5, 0.6) is 0 Å². The lowest BCUT2D eigenvalue weighted by Gasteiger charge is -2.38. The van der Waals surface area contributed by atoms with Gasteiger partial charge >= 0.3 is 5.97 Å². The van der Waals surface area contributed by atoms with E-state index in [-0.39, 0.29) is 11.9 Å². The van der Waals surface area contributed by atoms with Crippen LogP contribution in [0.25, 0.3) is 0 Å². The summed E-state index contributed by atoms with van der Waals surface area (Å²) in [6.07, 6.45) is 1.18. The second-order valence-electron chi connectivity index (χ2n) is 7.45. The number of methoxy groups -OCH3 is 1. The smallest absolute Gasteiger partial charge is 0.341 e. The normalized spacial score (nSPS) is 22.1. The Morgan fingerprint density at radius 3 is 2.52 bits per heavy atom. The van der Waals surface area contributed by atoms with Crippen LogP contribution in [0, 0.1) is 18.8 Å². The number of esters is 1. The van der Waals surface area contributed by atoms with E-state index in [9.17, 15) is 9.59 Å². The van der Waals surface area contributed by atoms with Gasteiger partial charge in [-0.05, 0) is 45.2 Å². The fourth-order valence-corrected chi connectivity index (χ4v) is 3.61. The lowest BCUT2D eigenvalue weighted by Crippen LogP contribution is -2.50. The molecule has 0 bridgehead atoms. The number of ether oxygens (including phenoxy) is 1. The van der Waals surface area contributed by atoms with E-state index in [2.05, 4.69) is 13.8 Å². The summed E-state index contributed by atoms with van der Waals surface area (Å²) in [5.74, 6) is 2.02. The average Bonchev–Trinajstić information content (AvgIpc) is 2.92. The molecule has 2 heterocycles. The number of amides is 1. The number of hydrogen-bond donors (Lipinski definition) is 0. The third-order valence-corrected chi connectivity index (χ3v) is 4.98. The van der Waals surface area contributed by atoms with Gasteiger partial charge in [0.2, 0.25) is 5.91 Å². The lowest BCUT2D eigenvalue weighted by atomic mass is 9.91. The van der Waals surface area contributed by atoms with Crippen molar-refractivity contribution in [3.05, 3.63) is 23.2 Å². The molecule has 1 aromatic heterocycles. The molecular weight excluding hydrogens is 320 g/mol. The van der Waals surface area contributed by atoms with Crippen molar-refractivity contribution in [2.45, 2.75) is 46.7 Å². The summed E-state index contributed by atoms with van der Waals surface area (Å²) < 4.78 is 10.4. The number of carbonyl (C=O) groups excluding carboxylic acids is 2. The van der Waals surface area contributed by atoms with Crippen LogP contribution in [0.4, 0.5) is 0 Å². The van der Waals surface area contributed by atoms with Crippen LogP contribution in [0.2, 0.25) is 0 Å². The maximum Gasteiger partial charge on any atom is 0.341 e. The predicted octanol–water partition coefficient (Wildman–Crippen LogP) is 2.70. The molecule has 140 valence electrons. The van der Waals surface area contributed by atoms with Gasteiger partial charge in [-0.2, -0.15) is 0 Å². The number of aryl methyl sites for hydroxylation is 1. The number of piperidine rings is 1. The molecule has 3 atom stereocenters. The zero-order valence-electron chi connectivity index (χ0n) is 16.2. The van der Waals surface area contributed by atoms with Crippen molar-refractivity contribution in [1.82, 2.24) is 9.80 Å². The Kier molecular flexibility index (Phi) is 6.27. The molecule has 6 nitrogen and oxygen atoms in total. The van der Waals surface area contributed by atoms with Crippen molar-refractivity contribution in [3.8, 4) is 0 Å². The Labute approximate surface area is 150 Å². The second kappa shape index (κ2) is 8.04. The summed E-state index contributed by atoms with van der Waals surface area (Å²) >= 11 is 0. The SMILES string of the molecule is COC(=O)c1cc(CN(C)C(C)C(=O)N2CC(C)CC(C)C2)oc1C. The molecule has 0 aromatic carbocycles. The van der Waals surface area contributed by atoms with Crippen molar-refractivity contribution >= 4 is 11.9 Å². The number of carbonyl (C=O) groups is 2. The zero-order chi connectivity index (χ0) is 18.7. The fourth-order valence-electron chi connectivity index (χ4n) is 3.61. The third-order valence-electron chi connectivity index (χ3n) is 4.98. The lowest BCUT2D eigenvalue weighted by molar-refractivity contribution is -0.138. The van der Waals surface area contributed by atoms with E-state index in [1.807, 2.05) is 23.8 Å². The van der Waals surface area contributed by atoms with E-state index in [0.29, 0.717) is 35.5 Å². The van der Waals surface area contributed by atoms with Crippen molar-refractivity contribution < 1.29 is 18.7 Å². The zero-order valence-corrected chi connectivity index (χ0v) is 16.2. The van der Waals surface area contributed by atoms with Crippen molar-refractivity contribution in [2.75, 3.05) is 27.2 Å². The molecule has 6 heteroatoms. The number of rotatable bonds is 5. The van der Waals surface area contributed by atoms with Crippen molar-refractivity contribution in [3.63, 3.8) is 0 Å². The molecule has 0 radical (unpaired) electrons. The number of likely N-dealkylation sites (tertiary alicyclic amines) is 1. The molecule has 0 spiro atoms. The molecule has 1 saturated heterocycles. The summed E-state index contributed by atoms with van der Waals surface area (Å²) in [6, 6.07) is 1.45. The average molecular weight is 350 g/mol. The molecule has 25 heavy (non-hydrogen) atoms. The largest absolute Gasteiger partial charge is 0.465 e. The minimum absolute atomic E-state index is 0.150. The first-order chi connectivity index (χ1) is 11.7. The molecule has 0 aliphatic carbocycles. The van der Waals surface area contributed by atoms with Crippen LogP contribution in [-0.2, 0) is 16.1 Å². The highest BCUT2D eigenvalue weighted by molar-refractivity contribution is 5.90. The molecule has 2 rings (SSSR count). The van der Waals surface area contributed by atoms with Gasteiger partial charge in [-0.25, -0.2) is 4.79 Å². The molecular formula is C19H30N2O4. The summed E-state index contributed by atoms with van der Waals surface area (Å²) in [5.41, 5.74) is 0.434. The second-order valence-corrected chi connectivity index (χ2v) is 7.45. The first-order valence-electron chi connectivity index (χ1n) is 8.89. The van der Waals surface area contributed by atoms with Gasteiger partial charge < -0.3 is 14.1 Å². The van der Waals surface area contributed by atoms with Crippen LogP contribution in [-0.4, -0.2) is 55.0 Å². The van der Waals surface area contributed by atoms with Gasteiger partial charge in [-0.1, -0.05) is 13.8 Å². The van der Waals surface area contributed by atoms with Crippen molar-refractivity contribution in [1.29, 1.82) is 0 Å². The highest BCUT2D eigenvalue weighted by Gasteiger charge is 2.30. The highest BCUT2D eigenvalue weighted by Crippen LogP contribution is 2.23.